The molecule has 0 amide bonds. The quantitative estimate of drug-likeness (QED) is 0.786. The van der Waals surface area contributed by atoms with Crippen LogP contribution in [0.25, 0.3) is 0 Å². The molecule has 1 saturated heterocycles. The summed E-state index contributed by atoms with van der Waals surface area (Å²) in [6.07, 6.45) is 1.19. The molecular weight excluding hydrogens is 246 g/mol. The van der Waals surface area contributed by atoms with Crippen LogP contribution in [0.2, 0.25) is 0 Å². The summed E-state index contributed by atoms with van der Waals surface area (Å²) in [6, 6.07) is 0. The van der Waals surface area contributed by atoms with Crippen molar-refractivity contribution in [3.05, 3.63) is 12.3 Å². The SMILES string of the molecule is CC(C)Cn1cc(B2OC(C)(C)C(C)(C)O2)nc1F. The molecule has 1 fully saturated rings. The molecule has 0 aromatic carbocycles. The number of rotatable bonds is 3. The first kappa shape index (κ1) is 14.5. The molecule has 0 N–H and O–H groups in total. The van der Waals surface area contributed by atoms with Crippen LogP contribution in [0.1, 0.15) is 41.5 Å². The Bertz CT molecular complexity index is 455. The highest BCUT2D eigenvalue weighted by atomic mass is 19.1. The van der Waals surface area contributed by atoms with Crippen molar-refractivity contribution in [2.24, 2.45) is 5.92 Å². The number of halogens is 1. The predicted molar refractivity (Wildman–Crippen MR) is 72.7 cm³/mol. The van der Waals surface area contributed by atoms with E-state index in [4.69, 9.17) is 9.31 Å². The summed E-state index contributed by atoms with van der Waals surface area (Å²) in [7, 11) is -0.604. The molecule has 1 aliphatic heterocycles. The zero-order chi connectivity index (χ0) is 14.4. The first-order valence-corrected chi connectivity index (χ1v) is 6.70. The Morgan fingerprint density at radius 1 is 1.26 bits per heavy atom. The van der Waals surface area contributed by atoms with Crippen molar-refractivity contribution in [1.29, 1.82) is 0 Å². The molecule has 2 heterocycles. The maximum Gasteiger partial charge on any atom is 0.516 e. The minimum atomic E-state index is -0.604. The van der Waals surface area contributed by atoms with Crippen molar-refractivity contribution >= 4 is 12.7 Å². The lowest BCUT2D eigenvalue weighted by molar-refractivity contribution is 0.00578. The van der Waals surface area contributed by atoms with Gasteiger partial charge in [0, 0.05) is 12.7 Å². The second-order valence-corrected chi connectivity index (χ2v) is 6.57. The van der Waals surface area contributed by atoms with Crippen LogP contribution in [-0.2, 0) is 15.9 Å². The molecule has 0 aliphatic carbocycles. The van der Waals surface area contributed by atoms with E-state index in [2.05, 4.69) is 4.98 Å². The van der Waals surface area contributed by atoms with Crippen molar-refractivity contribution in [3.8, 4) is 0 Å². The second kappa shape index (κ2) is 4.60. The van der Waals surface area contributed by atoms with Gasteiger partial charge in [-0.3, -0.25) is 0 Å². The number of aromatic nitrogens is 2. The Kier molecular flexibility index (Phi) is 3.52. The Labute approximate surface area is 114 Å². The lowest BCUT2D eigenvalue weighted by atomic mass is 9.86. The Hall–Kier alpha value is -0.875. The molecule has 2 rings (SSSR count). The maximum absolute atomic E-state index is 13.7. The van der Waals surface area contributed by atoms with Crippen LogP contribution < -0.4 is 5.59 Å². The van der Waals surface area contributed by atoms with E-state index in [0.717, 1.165) is 0 Å². The van der Waals surface area contributed by atoms with E-state index in [-0.39, 0.29) is 0 Å². The smallest absolute Gasteiger partial charge is 0.398 e. The summed E-state index contributed by atoms with van der Waals surface area (Å²) in [4.78, 5) is 3.92. The average molecular weight is 268 g/mol. The lowest BCUT2D eigenvalue weighted by Gasteiger charge is -2.32. The van der Waals surface area contributed by atoms with Gasteiger partial charge in [0.15, 0.2) is 0 Å². The topological polar surface area (TPSA) is 36.3 Å². The fraction of sp³-hybridized carbons (Fsp3) is 0.769. The zero-order valence-corrected chi connectivity index (χ0v) is 12.5. The first-order valence-electron chi connectivity index (χ1n) is 6.70. The maximum atomic E-state index is 13.7. The molecule has 0 radical (unpaired) electrons. The monoisotopic (exact) mass is 268 g/mol. The fourth-order valence-electron chi connectivity index (χ4n) is 2.01. The van der Waals surface area contributed by atoms with E-state index >= 15 is 0 Å². The van der Waals surface area contributed by atoms with Gasteiger partial charge in [0.05, 0.1) is 16.8 Å². The lowest BCUT2D eigenvalue weighted by Crippen LogP contribution is -2.41. The molecule has 1 aromatic heterocycles. The fourth-order valence-corrected chi connectivity index (χ4v) is 2.01. The summed E-state index contributed by atoms with van der Waals surface area (Å²) < 4.78 is 27.0. The van der Waals surface area contributed by atoms with Crippen LogP contribution in [0.5, 0.6) is 0 Å². The molecule has 1 aliphatic rings. The Morgan fingerprint density at radius 3 is 2.26 bits per heavy atom. The molecule has 106 valence electrons. The van der Waals surface area contributed by atoms with Gasteiger partial charge in [-0.2, -0.15) is 4.39 Å². The van der Waals surface area contributed by atoms with Crippen LogP contribution in [0.4, 0.5) is 4.39 Å². The van der Waals surface area contributed by atoms with Gasteiger partial charge in [-0.1, -0.05) is 13.8 Å². The van der Waals surface area contributed by atoms with E-state index in [0.29, 0.717) is 18.1 Å². The minimum Gasteiger partial charge on any atom is -0.398 e. The number of hydrogen-bond donors (Lipinski definition) is 0. The molecule has 0 atom stereocenters. The molecular formula is C13H22BFN2O2. The van der Waals surface area contributed by atoms with Crippen molar-refractivity contribution in [3.63, 3.8) is 0 Å². The largest absolute Gasteiger partial charge is 0.516 e. The molecule has 0 saturated carbocycles. The number of imidazole rings is 1. The van der Waals surface area contributed by atoms with E-state index < -0.39 is 24.4 Å². The Morgan fingerprint density at radius 2 is 1.79 bits per heavy atom. The first-order chi connectivity index (χ1) is 8.62. The zero-order valence-electron chi connectivity index (χ0n) is 12.5. The highest BCUT2D eigenvalue weighted by Gasteiger charge is 2.52. The summed E-state index contributed by atoms with van der Waals surface area (Å²) in [5.74, 6) is 0.356. The molecule has 0 unspecified atom stereocenters. The van der Waals surface area contributed by atoms with Crippen LogP contribution in [0, 0.1) is 12.0 Å². The number of hydrogen-bond acceptors (Lipinski definition) is 3. The Balaban J connectivity index is 2.21. The average Bonchev–Trinajstić information content (AvgIpc) is 2.66. The number of nitrogens with zero attached hydrogens (tertiary/aromatic N) is 2. The van der Waals surface area contributed by atoms with Crippen LogP contribution in [0.3, 0.4) is 0 Å². The minimum absolute atomic E-state index is 0.356. The summed E-state index contributed by atoms with van der Waals surface area (Å²) in [6.45, 7) is 12.5. The van der Waals surface area contributed by atoms with Crippen molar-refractivity contribution in [1.82, 2.24) is 9.55 Å². The highest BCUT2D eigenvalue weighted by Crippen LogP contribution is 2.36. The molecule has 0 bridgehead atoms. The third kappa shape index (κ3) is 2.70. The normalized spacial score (nSPS) is 21.4. The third-order valence-electron chi connectivity index (χ3n) is 3.80. The molecule has 4 nitrogen and oxygen atoms in total. The second-order valence-electron chi connectivity index (χ2n) is 6.57. The summed E-state index contributed by atoms with van der Waals surface area (Å²) in [5.41, 5.74) is -0.372. The molecule has 19 heavy (non-hydrogen) atoms. The van der Waals surface area contributed by atoms with Crippen LogP contribution >= 0.6 is 0 Å². The van der Waals surface area contributed by atoms with E-state index in [1.165, 1.54) is 4.57 Å². The van der Waals surface area contributed by atoms with E-state index in [1.54, 1.807) is 6.20 Å². The van der Waals surface area contributed by atoms with Crippen molar-refractivity contribution in [2.45, 2.75) is 59.3 Å². The molecule has 6 heteroatoms. The van der Waals surface area contributed by atoms with E-state index in [1.807, 2.05) is 41.5 Å². The third-order valence-corrected chi connectivity index (χ3v) is 3.80. The van der Waals surface area contributed by atoms with Gasteiger partial charge < -0.3 is 13.9 Å². The van der Waals surface area contributed by atoms with Crippen LogP contribution in [0.15, 0.2) is 6.20 Å². The van der Waals surface area contributed by atoms with Gasteiger partial charge in [0.1, 0.15) is 0 Å². The highest BCUT2D eigenvalue weighted by molar-refractivity contribution is 6.61. The van der Waals surface area contributed by atoms with Gasteiger partial charge >= 0.3 is 7.12 Å². The van der Waals surface area contributed by atoms with Crippen molar-refractivity contribution in [2.75, 3.05) is 0 Å². The van der Waals surface area contributed by atoms with Gasteiger partial charge in [-0.25, -0.2) is 4.98 Å². The predicted octanol–water partition coefficient (Wildman–Crippen LogP) is 1.98. The molecule has 0 spiro atoms. The van der Waals surface area contributed by atoms with Gasteiger partial charge in [0.2, 0.25) is 0 Å². The van der Waals surface area contributed by atoms with Gasteiger partial charge in [-0.05, 0) is 33.6 Å². The standard InChI is InChI=1S/C13H22BFN2O2/c1-9(2)7-17-8-10(16-11(17)15)14-18-12(3,4)13(5,6)19-14/h8-9H,7H2,1-6H3. The van der Waals surface area contributed by atoms with Gasteiger partial charge in [-0.15, -0.1) is 0 Å². The summed E-state index contributed by atoms with van der Waals surface area (Å²) >= 11 is 0. The van der Waals surface area contributed by atoms with E-state index in [9.17, 15) is 4.39 Å². The van der Waals surface area contributed by atoms with Crippen LogP contribution in [-0.4, -0.2) is 27.9 Å². The molecule has 1 aromatic rings. The summed E-state index contributed by atoms with van der Waals surface area (Å²) in [5, 5.41) is 0. The van der Waals surface area contributed by atoms with Gasteiger partial charge in [0.25, 0.3) is 6.08 Å². The van der Waals surface area contributed by atoms with Crippen molar-refractivity contribution < 1.29 is 13.7 Å².